The van der Waals surface area contributed by atoms with Crippen molar-refractivity contribution in [2.45, 2.75) is 6.42 Å². The highest BCUT2D eigenvalue weighted by molar-refractivity contribution is 6.36. The number of furan rings is 1. The van der Waals surface area contributed by atoms with E-state index in [9.17, 15) is 0 Å². The van der Waals surface area contributed by atoms with E-state index in [1.807, 2.05) is 12.1 Å². The number of nitrogens with two attached hydrogens (primary N) is 1. The van der Waals surface area contributed by atoms with Crippen molar-refractivity contribution in [2.24, 2.45) is 5.73 Å². The van der Waals surface area contributed by atoms with E-state index in [2.05, 4.69) is 0 Å². The van der Waals surface area contributed by atoms with Gasteiger partial charge in [0.05, 0.1) is 13.4 Å². The van der Waals surface area contributed by atoms with E-state index < -0.39 is 0 Å². The van der Waals surface area contributed by atoms with Crippen LogP contribution in [0.25, 0.3) is 11.0 Å². The molecule has 0 saturated heterocycles. The molecule has 0 saturated carbocycles. The minimum atomic E-state index is 0.517. The predicted octanol–water partition coefficient (Wildman–Crippen LogP) is 2.60. The highest BCUT2D eigenvalue weighted by Gasteiger charge is 2.14. The quantitative estimate of drug-likeness (QED) is 0.874. The van der Waals surface area contributed by atoms with Crippen LogP contribution >= 0.6 is 11.6 Å². The molecule has 2 aromatic rings. The Morgan fingerprint density at radius 3 is 3.00 bits per heavy atom. The summed E-state index contributed by atoms with van der Waals surface area (Å²) in [5.74, 6) is 0.657. The molecule has 0 radical (unpaired) electrons. The van der Waals surface area contributed by atoms with E-state index >= 15 is 0 Å². The van der Waals surface area contributed by atoms with Crippen molar-refractivity contribution in [2.75, 3.05) is 13.7 Å². The Labute approximate surface area is 92.8 Å². The van der Waals surface area contributed by atoms with Crippen molar-refractivity contribution in [3.63, 3.8) is 0 Å². The van der Waals surface area contributed by atoms with E-state index in [1.165, 1.54) is 0 Å². The maximum absolute atomic E-state index is 6.16. The molecule has 0 aliphatic rings. The minimum absolute atomic E-state index is 0.517. The minimum Gasteiger partial charge on any atom is -0.495 e. The van der Waals surface area contributed by atoms with Gasteiger partial charge in [-0.3, -0.25) is 0 Å². The fourth-order valence-corrected chi connectivity index (χ4v) is 2.02. The molecular weight excluding hydrogens is 214 g/mol. The molecule has 0 atom stereocenters. The lowest BCUT2D eigenvalue weighted by molar-refractivity contribution is 0.410. The highest BCUT2D eigenvalue weighted by Crippen LogP contribution is 2.36. The van der Waals surface area contributed by atoms with Crippen molar-refractivity contribution in [3.8, 4) is 5.75 Å². The van der Waals surface area contributed by atoms with Crippen molar-refractivity contribution < 1.29 is 9.15 Å². The summed E-state index contributed by atoms with van der Waals surface area (Å²) in [4.78, 5) is 0. The van der Waals surface area contributed by atoms with Crippen LogP contribution in [0.2, 0.25) is 5.02 Å². The van der Waals surface area contributed by atoms with E-state index in [0.717, 1.165) is 17.4 Å². The monoisotopic (exact) mass is 225 g/mol. The molecule has 0 unspecified atom stereocenters. The summed E-state index contributed by atoms with van der Waals surface area (Å²) >= 11 is 6.16. The van der Waals surface area contributed by atoms with Gasteiger partial charge >= 0.3 is 0 Å². The number of hydrogen-bond donors (Lipinski definition) is 1. The van der Waals surface area contributed by atoms with Crippen LogP contribution in [0.1, 0.15) is 5.56 Å². The number of rotatable bonds is 3. The lowest BCUT2D eigenvalue weighted by atomic mass is 10.1. The Hall–Kier alpha value is -1.19. The van der Waals surface area contributed by atoms with Gasteiger partial charge in [-0.15, -0.1) is 0 Å². The fraction of sp³-hybridized carbons (Fsp3) is 0.273. The lowest BCUT2D eigenvalue weighted by Gasteiger charge is -2.09. The molecule has 15 heavy (non-hydrogen) atoms. The molecule has 3 nitrogen and oxygen atoms in total. The van der Waals surface area contributed by atoms with Gasteiger partial charge in [-0.2, -0.15) is 0 Å². The molecule has 0 aliphatic carbocycles. The molecule has 1 aromatic carbocycles. The summed E-state index contributed by atoms with van der Waals surface area (Å²) in [6.07, 6.45) is 2.35. The number of hydrogen-bond acceptors (Lipinski definition) is 3. The fourth-order valence-electron chi connectivity index (χ4n) is 1.67. The van der Waals surface area contributed by atoms with Crippen molar-refractivity contribution in [3.05, 3.63) is 29.0 Å². The van der Waals surface area contributed by atoms with Gasteiger partial charge in [0.2, 0.25) is 0 Å². The summed E-state index contributed by atoms with van der Waals surface area (Å²) in [5, 5.41) is 1.49. The molecule has 0 bridgehead atoms. The molecule has 0 fully saturated rings. The Morgan fingerprint density at radius 1 is 1.53 bits per heavy atom. The smallest absolute Gasteiger partial charge is 0.156 e. The Balaban J connectivity index is 2.67. The van der Waals surface area contributed by atoms with Crippen LogP contribution in [-0.2, 0) is 6.42 Å². The Kier molecular flexibility index (Phi) is 2.84. The number of benzene rings is 1. The summed E-state index contributed by atoms with van der Waals surface area (Å²) < 4.78 is 10.5. The first-order chi connectivity index (χ1) is 7.27. The van der Waals surface area contributed by atoms with E-state index in [4.69, 9.17) is 26.5 Å². The summed E-state index contributed by atoms with van der Waals surface area (Å²) in [6, 6.07) is 3.87. The van der Waals surface area contributed by atoms with Crippen LogP contribution in [0.3, 0.4) is 0 Å². The summed E-state index contributed by atoms with van der Waals surface area (Å²) in [7, 11) is 1.59. The van der Waals surface area contributed by atoms with E-state index in [-0.39, 0.29) is 0 Å². The summed E-state index contributed by atoms with van der Waals surface area (Å²) in [6.45, 7) is 0.566. The van der Waals surface area contributed by atoms with Gasteiger partial charge in [0.25, 0.3) is 0 Å². The standard InChI is InChI=1S/C11H12ClNO2/c1-14-10-7(2-4-13)6-8-3-5-15-11(8)9(10)12/h3,5-6H,2,4,13H2,1H3. The molecule has 0 spiro atoms. The average Bonchev–Trinajstić information content (AvgIpc) is 2.67. The van der Waals surface area contributed by atoms with Gasteiger partial charge in [0.1, 0.15) is 10.8 Å². The van der Waals surface area contributed by atoms with Crippen molar-refractivity contribution in [1.82, 2.24) is 0 Å². The second kappa shape index (κ2) is 4.13. The van der Waals surface area contributed by atoms with E-state index in [1.54, 1.807) is 13.4 Å². The molecule has 1 aromatic heterocycles. The predicted molar refractivity (Wildman–Crippen MR) is 60.5 cm³/mol. The van der Waals surface area contributed by atoms with Crippen LogP contribution in [-0.4, -0.2) is 13.7 Å². The molecule has 0 aliphatic heterocycles. The maximum atomic E-state index is 6.16. The zero-order valence-electron chi connectivity index (χ0n) is 8.42. The molecule has 4 heteroatoms. The number of methoxy groups -OCH3 is 1. The van der Waals surface area contributed by atoms with Crippen LogP contribution in [0, 0.1) is 0 Å². The first-order valence-electron chi connectivity index (χ1n) is 4.70. The Morgan fingerprint density at radius 2 is 2.33 bits per heavy atom. The highest BCUT2D eigenvalue weighted by atomic mass is 35.5. The van der Waals surface area contributed by atoms with Gasteiger partial charge in [0, 0.05) is 5.39 Å². The molecule has 0 amide bonds. The van der Waals surface area contributed by atoms with Crippen molar-refractivity contribution in [1.29, 1.82) is 0 Å². The zero-order chi connectivity index (χ0) is 10.8. The topological polar surface area (TPSA) is 48.4 Å². The van der Waals surface area contributed by atoms with Crippen LogP contribution in [0.5, 0.6) is 5.75 Å². The molecule has 2 N–H and O–H groups in total. The third-order valence-electron chi connectivity index (χ3n) is 2.33. The number of fused-ring (bicyclic) bond motifs is 1. The molecule has 1 heterocycles. The second-order valence-corrected chi connectivity index (χ2v) is 3.64. The number of halogens is 1. The third-order valence-corrected chi connectivity index (χ3v) is 2.68. The van der Waals surface area contributed by atoms with Gasteiger partial charge in [-0.25, -0.2) is 0 Å². The second-order valence-electron chi connectivity index (χ2n) is 3.26. The summed E-state index contributed by atoms with van der Waals surface area (Å²) in [5.41, 5.74) is 7.21. The van der Waals surface area contributed by atoms with Crippen LogP contribution < -0.4 is 10.5 Å². The van der Waals surface area contributed by atoms with Gasteiger partial charge < -0.3 is 14.9 Å². The van der Waals surface area contributed by atoms with Crippen molar-refractivity contribution >= 4 is 22.6 Å². The van der Waals surface area contributed by atoms with Gasteiger partial charge in [-0.05, 0) is 30.7 Å². The average molecular weight is 226 g/mol. The molecule has 80 valence electrons. The van der Waals surface area contributed by atoms with Crippen LogP contribution in [0.4, 0.5) is 0 Å². The first-order valence-corrected chi connectivity index (χ1v) is 5.08. The lowest BCUT2D eigenvalue weighted by Crippen LogP contribution is -2.04. The van der Waals surface area contributed by atoms with Gasteiger partial charge in [-0.1, -0.05) is 11.6 Å². The maximum Gasteiger partial charge on any atom is 0.156 e. The molecule has 2 rings (SSSR count). The van der Waals surface area contributed by atoms with Gasteiger partial charge in [0.15, 0.2) is 5.58 Å². The molecular formula is C11H12ClNO2. The largest absolute Gasteiger partial charge is 0.495 e. The Bertz CT molecular complexity index is 479. The SMILES string of the molecule is COc1c(CCN)cc2ccoc2c1Cl. The third kappa shape index (κ3) is 1.68. The normalized spacial score (nSPS) is 10.9. The number of ether oxygens (including phenoxy) is 1. The van der Waals surface area contributed by atoms with Crippen LogP contribution in [0.15, 0.2) is 22.8 Å². The zero-order valence-corrected chi connectivity index (χ0v) is 9.17. The first kappa shape index (κ1) is 10.3. The van der Waals surface area contributed by atoms with E-state index in [0.29, 0.717) is 22.9 Å².